The molecular formula is C14H25NO2S. The highest BCUT2D eigenvalue weighted by molar-refractivity contribution is 7.92. The Morgan fingerprint density at radius 1 is 1.39 bits per heavy atom. The Kier molecular flexibility index (Phi) is 4.48. The molecule has 0 spiro atoms. The predicted octanol–water partition coefficient (Wildman–Crippen LogP) is 3.31. The van der Waals surface area contributed by atoms with E-state index in [4.69, 9.17) is 0 Å². The number of hydrogen-bond donors (Lipinski definition) is 0. The lowest BCUT2D eigenvalue weighted by Gasteiger charge is -2.35. The van der Waals surface area contributed by atoms with Gasteiger partial charge in [-0.3, -0.25) is 0 Å². The first-order chi connectivity index (χ1) is 8.12. The molecule has 1 aliphatic carbocycles. The summed E-state index contributed by atoms with van der Waals surface area (Å²) in [6, 6.07) is 2.41. The minimum absolute atomic E-state index is 0.136. The van der Waals surface area contributed by atoms with Gasteiger partial charge in [-0.05, 0) is 46.0 Å². The van der Waals surface area contributed by atoms with E-state index >= 15 is 0 Å². The zero-order chi connectivity index (χ0) is 14.0. The first kappa shape index (κ1) is 15.5. The van der Waals surface area contributed by atoms with E-state index in [-0.39, 0.29) is 5.75 Å². The molecule has 1 fully saturated rings. The third-order valence-electron chi connectivity index (χ3n) is 4.11. The Bertz CT molecular complexity index is 428. The average molecular weight is 271 g/mol. The zero-order valence-electron chi connectivity index (χ0n) is 12.0. The van der Waals surface area contributed by atoms with Crippen molar-refractivity contribution in [3.05, 3.63) is 0 Å². The van der Waals surface area contributed by atoms with Crippen molar-refractivity contribution >= 4 is 9.84 Å². The molecule has 0 aliphatic heterocycles. The molecule has 0 bridgehead atoms. The summed E-state index contributed by atoms with van der Waals surface area (Å²) in [4.78, 5) is 0. The second-order valence-electron chi connectivity index (χ2n) is 6.77. The van der Waals surface area contributed by atoms with Crippen LogP contribution < -0.4 is 0 Å². The van der Waals surface area contributed by atoms with Crippen LogP contribution >= 0.6 is 0 Å². The lowest BCUT2D eigenvalue weighted by Crippen LogP contribution is -2.34. The Hall–Kier alpha value is -0.560. The molecule has 0 amide bonds. The topological polar surface area (TPSA) is 57.9 Å². The summed E-state index contributed by atoms with van der Waals surface area (Å²) in [5.41, 5.74) is -0.407. The van der Waals surface area contributed by atoms with E-state index in [9.17, 15) is 13.7 Å². The van der Waals surface area contributed by atoms with E-state index in [0.717, 1.165) is 25.7 Å². The molecule has 0 aromatic carbocycles. The molecule has 1 saturated carbocycles. The molecule has 0 radical (unpaired) electrons. The van der Waals surface area contributed by atoms with Crippen molar-refractivity contribution in [3.63, 3.8) is 0 Å². The minimum atomic E-state index is -3.11. The summed E-state index contributed by atoms with van der Waals surface area (Å²) in [5.74, 6) is 0.673. The molecule has 4 heteroatoms. The van der Waals surface area contributed by atoms with Gasteiger partial charge < -0.3 is 0 Å². The molecule has 0 aromatic rings. The minimum Gasteiger partial charge on any atom is -0.228 e. The van der Waals surface area contributed by atoms with E-state index in [1.807, 2.05) is 0 Å². The molecule has 104 valence electrons. The summed E-state index contributed by atoms with van der Waals surface area (Å²) < 4.78 is 23.5. The molecular weight excluding hydrogens is 246 g/mol. The van der Waals surface area contributed by atoms with Gasteiger partial charge in [0.25, 0.3) is 0 Å². The largest absolute Gasteiger partial charge is 0.228 e. The van der Waals surface area contributed by atoms with Crippen LogP contribution in [0.2, 0.25) is 0 Å². The van der Waals surface area contributed by atoms with Crippen LogP contribution in [-0.4, -0.2) is 18.9 Å². The maximum Gasteiger partial charge on any atom is 0.155 e. The van der Waals surface area contributed by atoms with E-state index < -0.39 is 20.0 Å². The van der Waals surface area contributed by atoms with Crippen molar-refractivity contribution in [1.29, 1.82) is 5.26 Å². The van der Waals surface area contributed by atoms with Crippen LogP contribution in [0.4, 0.5) is 0 Å². The third-order valence-corrected chi connectivity index (χ3v) is 6.72. The number of hydrogen-bond acceptors (Lipinski definition) is 3. The summed E-state index contributed by atoms with van der Waals surface area (Å²) in [6.07, 6.45) is 4.41. The Balaban J connectivity index is 2.75. The van der Waals surface area contributed by atoms with Crippen LogP contribution in [0.1, 0.15) is 59.8 Å². The van der Waals surface area contributed by atoms with Gasteiger partial charge in [0.2, 0.25) is 0 Å². The second-order valence-corrected chi connectivity index (χ2v) is 9.64. The fraction of sp³-hybridized carbons (Fsp3) is 0.929. The highest BCUT2D eigenvalue weighted by Gasteiger charge is 2.38. The van der Waals surface area contributed by atoms with E-state index in [1.54, 1.807) is 20.8 Å². The second kappa shape index (κ2) is 5.21. The summed E-state index contributed by atoms with van der Waals surface area (Å²) >= 11 is 0. The molecule has 0 aromatic heterocycles. The highest BCUT2D eigenvalue weighted by Crippen LogP contribution is 2.42. The molecule has 1 aliphatic rings. The van der Waals surface area contributed by atoms with Crippen LogP contribution in [0, 0.1) is 22.7 Å². The van der Waals surface area contributed by atoms with Crippen molar-refractivity contribution in [1.82, 2.24) is 0 Å². The Morgan fingerprint density at radius 2 is 2.00 bits per heavy atom. The van der Waals surface area contributed by atoms with Gasteiger partial charge in [-0.1, -0.05) is 19.8 Å². The van der Waals surface area contributed by atoms with Crippen LogP contribution in [0.25, 0.3) is 0 Å². The van der Waals surface area contributed by atoms with Crippen molar-refractivity contribution in [3.8, 4) is 6.07 Å². The smallest absolute Gasteiger partial charge is 0.155 e. The van der Waals surface area contributed by atoms with Crippen LogP contribution in [-0.2, 0) is 9.84 Å². The first-order valence-corrected chi connectivity index (χ1v) is 8.41. The van der Waals surface area contributed by atoms with Gasteiger partial charge in [0.05, 0.1) is 22.0 Å². The molecule has 0 heterocycles. The first-order valence-electron chi connectivity index (χ1n) is 6.75. The molecule has 3 nitrogen and oxygen atoms in total. The van der Waals surface area contributed by atoms with E-state index in [1.165, 1.54) is 0 Å². The zero-order valence-corrected chi connectivity index (χ0v) is 12.8. The SMILES string of the molecule is CC1CCCC(C#N)(CCS(=O)(=O)C(C)(C)C)C1. The molecule has 2 atom stereocenters. The predicted molar refractivity (Wildman–Crippen MR) is 73.8 cm³/mol. The van der Waals surface area contributed by atoms with Gasteiger partial charge in [0.15, 0.2) is 9.84 Å². The van der Waals surface area contributed by atoms with Crippen molar-refractivity contribution in [2.24, 2.45) is 11.3 Å². The number of nitriles is 1. The maximum absolute atomic E-state index is 12.1. The lowest BCUT2D eigenvalue weighted by atomic mass is 9.69. The van der Waals surface area contributed by atoms with E-state index in [0.29, 0.717) is 12.3 Å². The molecule has 2 unspecified atom stereocenters. The summed E-state index contributed by atoms with van der Waals surface area (Å²) in [5, 5.41) is 9.41. The van der Waals surface area contributed by atoms with Crippen LogP contribution in [0.3, 0.4) is 0 Å². The Labute approximate surface area is 111 Å². The quantitative estimate of drug-likeness (QED) is 0.791. The third kappa shape index (κ3) is 3.47. The van der Waals surface area contributed by atoms with Crippen molar-refractivity contribution in [2.75, 3.05) is 5.75 Å². The molecule has 1 rings (SSSR count). The van der Waals surface area contributed by atoms with Gasteiger partial charge >= 0.3 is 0 Å². The number of nitrogens with zero attached hydrogens (tertiary/aromatic N) is 1. The lowest BCUT2D eigenvalue weighted by molar-refractivity contribution is 0.204. The standard InChI is InChI=1S/C14H25NO2S/c1-12-6-5-7-14(10-12,11-15)8-9-18(16,17)13(2,3)4/h12H,5-10H2,1-4H3. The van der Waals surface area contributed by atoms with Crippen molar-refractivity contribution < 1.29 is 8.42 Å². The number of rotatable bonds is 3. The summed E-state index contributed by atoms with van der Waals surface area (Å²) in [7, 11) is -3.11. The van der Waals surface area contributed by atoms with Gasteiger partial charge in [-0.2, -0.15) is 5.26 Å². The fourth-order valence-corrected chi connectivity index (χ4v) is 3.95. The number of sulfone groups is 1. The summed E-state index contributed by atoms with van der Waals surface area (Å²) in [6.45, 7) is 7.34. The van der Waals surface area contributed by atoms with E-state index in [2.05, 4.69) is 13.0 Å². The van der Waals surface area contributed by atoms with Crippen LogP contribution in [0.15, 0.2) is 0 Å². The monoisotopic (exact) mass is 271 g/mol. The van der Waals surface area contributed by atoms with Gasteiger partial charge in [0, 0.05) is 0 Å². The highest BCUT2D eigenvalue weighted by atomic mass is 32.2. The fourth-order valence-electron chi connectivity index (χ4n) is 2.68. The van der Waals surface area contributed by atoms with Crippen molar-refractivity contribution in [2.45, 2.75) is 64.5 Å². The van der Waals surface area contributed by atoms with Gasteiger partial charge in [0.1, 0.15) is 0 Å². The Morgan fingerprint density at radius 3 is 2.44 bits per heavy atom. The van der Waals surface area contributed by atoms with Gasteiger partial charge in [-0.15, -0.1) is 0 Å². The average Bonchev–Trinajstić information content (AvgIpc) is 2.25. The molecule has 0 saturated heterocycles. The molecule has 18 heavy (non-hydrogen) atoms. The van der Waals surface area contributed by atoms with Crippen LogP contribution in [0.5, 0.6) is 0 Å². The maximum atomic E-state index is 12.1. The molecule has 0 N–H and O–H groups in total. The normalized spacial score (nSPS) is 29.8. The van der Waals surface area contributed by atoms with Gasteiger partial charge in [-0.25, -0.2) is 8.42 Å².